The zero-order valence-corrected chi connectivity index (χ0v) is 39.4. The van der Waals surface area contributed by atoms with Gasteiger partial charge in [-0.05, 0) is 81.2 Å². The van der Waals surface area contributed by atoms with Crippen LogP contribution in [0.4, 0.5) is 33.3 Å². The first-order valence-corrected chi connectivity index (χ1v) is 23.7. The van der Waals surface area contributed by atoms with Crippen LogP contribution in [0.15, 0.2) is 53.6 Å². The van der Waals surface area contributed by atoms with Crippen LogP contribution in [0, 0.1) is 24.0 Å². The number of amides is 2. The van der Waals surface area contributed by atoms with E-state index in [2.05, 4.69) is 46.0 Å². The summed E-state index contributed by atoms with van der Waals surface area (Å²) < 4.78 is 18.6. The fraction of sp³-hybridized carbons (Fsp3) is 0.478. The molecule has 1 saturated heterocycles. The molecule has 5 heterocycles. The van der Waals surface area contributed by atoms with Crippen LogP contribution in [0.5, 0.6) is 0 Å². The molecule has 362 valence electrons. The SMILES string of the molecule is CC(=O)c1c(C)c2cnc(Nc3ccc(N4CCN(CC(=O)NCCOCCOCCOCCCNc5ccccc5C(=O)Nc5nc(C)c([N+](=O)[O-])s5)CC4)cn3)nc2n(C2CCCC2)c1=O. The smallest absolute Gasteiger partial charge is 0.348 e. The quantitative estimate of drug-likeness (QED) is 0.0266. The third-order valence-electron chi connectivity index (χ3n) is 11.8. The molecule has 4 N–H and O–H groups in total. The zero-order chi connectivity index (χ0) is 48.0. The van der Waals surface area contributed by atoms with Gasteiger partial charge in [0.05, 0.1) is 67.5 Å². The largest absolute Gasteiger partial charge is 0.384 e. The number of nitro groups is 1. The maximum absolute atomic E-state index is 13.6. The molecular formula is C46H58N12O9S. The maximum Gasteiger partial charge on any atom is 0.348 e. The van der Waals surface area contributed by atoms with Crippen molar-refractivity contribution in [1.29, 1.82) is 0 Å². The Bertz CT molecular complexity index is 2610. The van der Waals surface area contributed by atoms with Gasteiger partial charge in [-0.1, -0.05) is 25.0 Å². The number of thiazole rings is 1. The van der Waals surface area contributed by atoms with Crippen molar-refractivity contribution in [2.24, 2.45) is 0 Å². The molecule has 7 rings (SSSR count). The van der Waals surface area contributed by atoms with Crippen molar-refractivity contribution in [2.45, 2.75) is 58.9 Å². The Morgan fingerprint density at radius 3 is 2.29 bits per heavy atom. The van der Waals surface area contributed by atoms with E-state index in [9.17, 15) is 29.3 Å². The lowest BCUT2D eigenvalue weighted by Gasteiger charge is -2.35. The highest BCUT2D eigenvalue weighted by atomic mass is 32.1. The van der Waals surface area contributed by atoms with Gasteiger partial charge in [-0.3, -0.25) is 44.1 Å². The van der Waals surface area contributed by atoms with Gasteiger partial charge in [-0.2, -0.15) is 4.98 Å². The highest BCUT2D eigenvalue weighted by molar-refractivity contribution is 7.19. The number of carbonyl (C=O) groups excluding carboxylic acids is 3. The lowest BCUT2D eigenvalue weighted by molar-refractivity contribution is -0.380. The summed E-state index contributed by atoms with van der Waals surface area (Å²) >= 11 is 0.818. The number of rotatable bonds is 24. The van der Waals surface area contributed by atoms with Gasteiger partial charge in [0, 0.05) is 69.2 Å². The molecule has 22 heteroatoms. The van der Waals surface area contributed by atoms with Crippen LogP contribution in [-0.4, -0.2) is 137 Å². The molecule has 4 aromatic heterocycles. The Hall–Kier alpha value is -6.46. The lowest BCUT2D eigenvalue weighted by atomic mass is 10.0. The summed E-state index contributed by atoms with van der Waals surface area (Å²) in [5.41, 5.74) is 3.28. The van der Waals surface area contributed by atoms with E-state index in [-0.39, 0.29) is 44.7 Å². The molecule has 0 spiro atoms. The molecule has 5 aromatic rings. The minimum atomic E-state index is -0.516. The van der Waals surface area contributed by atoms with Crippen LogP contribution in [0.2, 0.25) is 0 Å². The third kappa shape index (κ3) is 12.9. The summed E-state index contributed by atoms with van der Waals surface area (Å²) in [6.07, 6.45) is 7.95. The van der Waals surface area contributed by atoms with Gasteiger partial charge in [-0.15, -0.1) is 0 Å². The number of benzene rings is 1. The fourth-order valence-electron chi connectivity index (χ4n) is 8.31. The minimum Gasteiger partial charge on any atom is -0.384 e. The molecule has 0 radical (unpaired) electrons. The highest BCUT2D eigenvalue weighted by Gasteiger charge is 2.27. The number of carbonyl (C=O) groups is 3. The Morgan fingerprint density at radius 1 is 0.882 bits per heavy atom. The van der Waals surface area contributed by atoms with Crippen molar-refractivity contribution in [3.05, 3.63) is 91.6 Å². The number of aromatic nitrogens is 5. The first-order chi connectivity index (χ1) is 33.0. The Balaban J connectivity index is 0.715. The predicted octanol–water partition coefficient (Wildman–Crippen LogP) is 5.27. The van der Waals surface area contributed by atoms with E-state index >= 15 is 0 Å². The number of hydrogen-bond acceptors (Lipinski definition) is 18. The molecule has 68 heavy (non-hydrogen) atoms. The number of aryl methyl sites for hydroxylation is 2. The number of Topliss-reactive ketones (excluding diaryl/α,β-unsaturated/α-hetero) is 1. The molecule has 0 atom stereocenters. The van der Waals surface area contributed by atoms with Gasteiger partial charge in [0.25, 0.3) is 11.5 Å². The second-order valence-corrected chi connectivity index (χ2v) is 17.5. The van der Waals surface area contributed by atoms with E-state index in [0.717, 1.165) is 68.9 Å². The third-order valence-corrected chi connectivity index (χ3v) is 12.8. The van der Waals surface area contributed by atoms with Crippen LogP contribution >= 0.6 is 11.3 Å². The molecule has 2 amide bonds. The number of ether oxygens (including phenoxy) is 3. The standard InChI is InChI=1S/C46H58N12O9S/c1-30-36-28-50-45(53-41(36)57(33-9-4-5-10-33)43(62)40(30)32(3)59)52-38-14-13-34(27-49-38)56-19-17-55(18-20-56)29-39(60)48-16-22-66-24-26-67-25-23-65-21-8-15-47-37-12-7-6-11-35(37)42(61)54-46-51-31(2)44(68-46)58(63)64/h6-7,11-14,27-28,33,47H,4-5,8-10,15-26,29H2,1-3H3,(H,48,60)(H,51,54,61)(H,49,50,52,53). The summed E-state index contributed by atoms with van der Waals surface area (Å²) in [4.78, 5) is 84.4. The first kappa shape index (κ1) is 49.4. The zero-order valence-electron chi connectivity index (χ0n) is 38.6. The normalized spacial score (nSPS) is 14.3. The van der Waals surface area contributed by atoms with Crippen LogP contribution in [0.25, 0.3) is 11.0 Å². The van der Waals surface area contributed by atoms with E-state index in [1.165, 1.54) is 13.8 Å². The summed E-state index contributed by atoms with van der Waals surface area (Å²) in [7, 11) is 0. The summed E-state index contributed by atoms with van der Waals surface area (Å²) in [6, 6.07) is 10.9. The molecule has 0 unspecified atom stereocenters. The van der Waals surface area contributed by atoms with Crippen molar-refractivity contribution in [2.75, 3.05) is 106 Å². The van der Waals surface area contributed by atoms with Crippen LogP contribution in [0.3, 0.4) is 0 Å². The van der Waals surface area contributed by atoms with Gasteiger partial charge < -0.3 is 35.1 Å². The Morgan fingerprint density at radius 2 is 1.60 bits per heavy atom. The number of piperazine rings is 1. The molecule has 1 aromatic carbocycles. The summed E-state index contributed by atoms with van der Waals surface area (Å²) in [6.45, 7) is 11.4. The van der Waals surface area contributed by atoms with Crippen LogP contribution in [0.1, 0.15) is 77.0 Å². The van der Waals surface area contributed by atoms with Crippen molar-refractivity contribution >= 4 is 73.2 Å². The van der Waals surface area contributed by atoms with Gasteiger partial charge in [0.1, 0.15) is 17.2 Å². The van der Waals surface area contributed by atoms with Crippen molar-refractivity contribution in [3.8, 4) is 0 Å². The van der Waals surface area contributed by atoms with E-state index in [4.69, 9.17) is 19.2 Å². The number of fused-ring (bicyclic) bond motifs is 1. The molecule has 0 bridgehead atoms. The van der Waals surface area contributed by atoms with Gasteiger partial charge in [0.15, 0.2) is 10.9 Å². The van der Waals surface area contributed by atoms with E-state index in [0.29, 0.717) is 105 Å². The number of pyridine rings is 2. The van der Waals surface area contributed by atoms with Crippen molar-refractivity contribution in [1.82, 2.24) is 34.7 Å². The number of anilines is 5. The lowest BCUT2D eigenvalue weighted by Crippen LogP contribution is -2.49. The number of nitrogens with one attached hydrogen (secondary N) is 4. The monoisotopic (exact) mass is 954 g/mol. The molecule has 1 aliphatic carbocycles. The predicted molar refractivity (Wildman–Crippen MR) is 259 cm³/mol. The number of para-hydroxylation sites is 1. The van der Waals surface area contributed by atoms with Gasteiger partial charge >= 0.3 is 5.00 Å². The Kier molecular flexibility index (Phi) is 17.5. The van der Waals surface area contributed by atoms with Crippen molar-refractivity contribution in [3.63, 3.8) is 0 Å². The van der Waals surface area contributed by atoms with E-state index < -0.39 is 10.8 Å². The second-order valence-electron chi connectivity index (χ2n) is 16.5. The van der Waals surface area contributed by atoms with Gasteiger partial charge in [-0.25, -0.2) is 15.0 Å². The van der Waals surface area contributed by atoms with Gasteiger partial charge in [0.2, 0.25) is 11.9 Å². The highest BCUT2D eigenvalue weighted by Crippen LogP contribution is 2.33. The summed E-state index contributed by atoms with van der Waals surface area (Å²) in [5, 5.41) is 23.9. The first-order valence-electron chi connectivity index (χ1n) is 22.9. The molecule has 21 nitrogen and oxygen atoms in total. The van der Waals surface area contributed by atoms with Crippen molar-refractivity contribution < 1.29 is 33.5 Å². The molecule has 1 saturated carbocycles. The molecular weight excluding hydrogens is 897 g/mol. The molecule has 1 aliphatic heterocycles. The fourth-order valence-corrected chi connectivity index (χ4v) is 9.08. The van der Waals surface area contributed by atoms with E-state index in [1.54, 1.807) is 42.1 Å². The maximum atomic E-state index is 13.6. The Labute approximate surface area is 397 Å². The number of nitrogens with zero attached hydrogens (tertiary/aromatic N) is 8. The van der Waals surface area contributed by atoms with Crippen LogP contribution < -0.4 is 31.7 Å². The van der Waals surface area contributed by atoms with E-state index in [1.807, 2.05) is 18.2 Å². The second kappa shape index (κ2) is 24.0. The average Bonchev–Trinajstić information content (AvgIpc) is 3.99. The average molecular weight is 955 g/mol. The topological polar surface area (TPSA) is 250 Å². The molecule has 2 fully saturated rings. The minimum absolute atomic E-state index is 0.00659. The summed E-state index contributed by atoms with van der Waals surface area (Å²) in [5.74, 6) is 0.153. The molecule has 2 aliphatic rings. The van der Waals surface area contributed by atoms with Crippen LogP contribution in [-0.2, 0) is 19.0 Å². The number of ketones is 1. The number of hydrogen-bond donors (Lipinski definition) is 4.